The first-order valence-corrected chi connectivity index (χ1v) is 9.04. The zero-order chi connectivity index (χ0) is 19.8. The summed E-state index contributed by atoms with van der Waals surface area (Å²) >= 11 is 0. The van der Waals surface area contributed by atoms with Gasteiger partial charge in [0.1, 0.15) is 5.82 Å². The highest BCUT2D eigenvalue weighted by atomic mass is 19.1. The van der Waals surface area contributed by atoms with Crippen molar-refractivity contribution in [2.45, 2.75) is 18.8 Å². The molecule has 0 spiro atoms. The molecule has 2 amide bonds. The Hall–Kier alpha value is -3.47. The maximum absolute atomic E-state index is 12.9. The van der Waals surface area contributed by atoms with Gasteiger partial charge in [0, 0.05) is 12.3 Å². The lowest BCUT2D eigenvalue weighted by Gasteiger charge is -2.18. The Kier molecular flexibility index (Phi) is 6.52. The van der Waals surface area contributed by atoms with E-state index in [1.54, 1.807) is 0 Å². The van der Waals surface area contributed by atoms with Gasteiger partial charge in [-0.2, -0.15) is 0 Å². The average Bonchev–Trinajstić information content (AvgIpc) is 2.73. The van der Waals surface area contributed by atoms with Gasteiger partial charge in [-0.25, -0.2) is 4.39 Å². The number of carbonyl (C=O) groups excluding carboxylic acids is 2. The standard InChI is InChI=1S/C23H21FN2O2/c24-20-13-11-17(12-14-20)15-22(27)25-26-23(28)16-21(18-7-3-1-4-8-18)19-9-5-2-6-10-19/h1-14,21H,15-16H2,(H,25,27)(H,26,28). The van der Waals surface area contributed by atoms with Crippen LogP contribution in [0.5, 0.6) is 0 Å². The SMILES string of the molecule is O=C(Cc1ccc(F)cc1)NNC(=O)CC(c1ccccc1)c1ccccc1. The fraction of sp³-hybridized carbons (Fsp3) is 0.130. The van der Waals surface area contributed by atoms with Crippen molar-refractivity contribution in [3.63, 3.8) is 0 Å². The number of halogens is 1. The van der Waals surface area contributed by atoms with Crippen LogP contribution in [0.3, 0.4) is 0 Å². The lowest BCUT2D eigenvalue weighted by Crippen LogP contribution is -2.42. The molecule has 3 rings (SSSR count). The molecule has 0 aliphatic carbocycles. The van der Waals surface area contributed by atoms with Crippen LogP contribution in [0.4, 0.5) is 4.39 Å². The first-order chi connectivity index (χ1) is 13.6. The minimum Gasteiger partial charge on any atom is -0.273 e. The Morgan fingerprint density at radius 2 is 1.21 bits per heavy atom. The van der Waals surface area contributed by atoms with Gasteiger partial charge in [-0.1, -0.05) is 72.8 Å². The summed E-state index contributed by atoms with van der Waals surface area (Å²) in [7, 11) is 0. The molecule has 4 nitrogen and oxygen atoms in total. The van der Waals surface area contributed by atoms with Crippen LogP contribution >= 0.6 is 0 Å². The van der Waals surface area contributed by atoms with Gasteiger partial charge in [-0.3, -0.25) is 20.4 Å². The molecule has 3 aromatic carbocycles. The molecule has 0 aromatic heterocycles. The fourth-order valence-electron chi connectivity index (χ4n) is 3.01. The first-order valence-electron chi connectivity index (χ1n) is 9.04. The van der Waals surface area contributed by atoms with Crippen LogP contribution in [-0.4, -0.2) is 11.8 Å². The number of carbonyl (C=O) groups is 2. The average molecular weight is 376 g/mol. The summed E-state index contributed by atoms with van der Waals surface area (Å²) < 4.78 is 12.9. The third-order valence-corrected chi connectivity index (χ3v) is 4.41. The third-order valence-electron chi connectivity index (χ3n) is 4.41. The van der Waals surface area contributed by atoms with Crippen molar-refractivity contribution in [1.29, 1.82) is 0 Å². The largest absolute Gasteiger partial charge is 0.273 e. The van der Waals surface area contributed by atoms with Gasteiger partial charge in [0.2, 0.25) is 11.8 Å². The Bertz CT molecular complexity index is 873. The summed E-state index contributed by atoms with van der Waals surface area (Å²) in [6, 6.07) is 25.2. The quantitative estimate of drug-likeness (QED) is 0.644. The van der Waals surface area contributed by atoms with Gasteiger partial charge in [0.05, 0.1) is 6.42 Å². The van der Waals surface area contributed by atoms with E-state index in [9.17, 15) is 14.0 Å². The molecular weight excluding hydrogens is 355 g/mol. The van der Waals surface area contributed by atoms with E-state index in [0.717, 1.165) is 11.1 Å². The summed E-state index contributed by atoms with van der Waals surface area (Å²) in [4.78, 5) is 24.4. The number of benzene rings is 3. The highest BCUT2D eigenvalue weighted by molar-refractivity contribution is 5.83. The summed E-state index contributed by atoms with van der Waals surface area (Å²) in [5, 5.41) is 0. The molecular formula is C23H21FN2O2. The predicted octanol–water partition coefficient (Wildman–Crippen LogP) is 3.74. The lowest BCUT2D eigenvalue weighted by atomic mass is 9.88. The number of hydrazine groups is 1. The van der Waals surface area contributed by atoms with Crippen LogP contribution in [0.2, 0.25) is 0 Å². The zero-order valence-corrected chi connectivity index (χ0v) is 15.3. The summed E-state index contributed by atoms with van der Waals surface area (Å²) in [6.45, 7) is 0. The second kappa shape index (κ2) is 9.46. The van der Waals surface area contributed by atoms with Crippen LogP contribution in [-0.2, 0) is 16.0 Å². The van der Waals surface area contributed by atoms with Crippen LogP contribution in [0.1, 0.15) is 29.0 Å². The monoisotopic (exact) mass is 376 g/mol. The molecule has 5 heteroatoms. The fourth-order valence-corrected chi connectivity index (χ4v) is 3.01. The second-order valence-electron chi connectivity index (χ2n) is 6.48. The van der Waals surface area contributed by atoms with E-state index in [2.05, 4.69) is 10.9 Å². The molecule has 0 saturated heterocycles. The van der Waals surface area contributed by atoms with Crippen molar-refractivity contribution in [1.82, 2.24) is 10.9 Å². The van der Waals surface area contributed by atoms with E-state index in [1.807, 2.05) is 60.7 Å². The van der Waals surface area contributed by atoms with Crippen LogP contribution in [0.15, 0.2) is 84.9 Å². The molecule has 0 aliphatic heterocycles. The van der Waals surface area contributed by atoms with Crippen LogP contribution < -0.4 is 10.9 Å². The highest BCUT2D eigenvalue weighted by Crippen LogP contribution is 2.27. The first kappa shape index (κ1) is 19.3. The van der Waals surface area contributed by atoms with E-state index >= 15 is 0 Å². The minimum atomic E-state index is -0.365. The zero-order valence-electron chi connectivity index (χ0n) is 15.3. The van der Waals surface area contributed by atoms with E-state index < -0.39 is 0 Å². The molecule has 0 unspecified atom stereocenters. The van der Waals surface area contributed by atoms with Crippen molar-refractivity contribution >= 4 is 11.8 Å². The second-order valence-corrected chi connectivity index (χ2v) is 6.48. The minimum absolute atomic E-state index is 0.0569. The molecule has 0 aliphatic rings. The summed E-state index contributed by atoms with van der Waals surface area (Å²) in [5.74, 6) is -1.12. The smallest absolute Gasteiger partial charge is 0.242 e. The molecule has 3 aromatic rings. The normalized spacial score (nSPS) is 10.5. The van der Waals surface area contributed by atoms with Gasteiger partial charge in [0.25, 0.3) is 0 Å². The lowest BCUT2D eigenvalue weighted by molar-refractivity contribution is -0.128. The number of nitrogens with one attached hydrogen (secondary N) is 2. The summed E-state index contributed by atoms with van der Waals surface area (Å²) in [5.41, 5.74) is 7.62. The number of rotatable bonds is 6. The molecule has 0 bridgehead atoms. The van der Waals surface area contributed by atoms with Gasteiger partial charge >= 0.3 is 0 Å². The van der Waals surface area contributed by atoms with E-state index in [1.165, 1.54) is 24.3 Å². The van der Waals surface area contributed by atoms with E-state index in [4.69, 9.17) is 0 Å². The van der Waals surface area contributed by atoms with Crippen molar-refractivity contribution in [3.8, 4) is 0 Å². The van der Waals surface area contributed by atoms with E-state index in [0.29, 0.717) is 5.56 Å². The predicted molar refractivity (Wildman–Crippen MR) is 106 cm³/mol. The number of hydrogen-bond donors (Lipinski definition) is 2. The number of hydrogen-bond acceptors (Lipinski definition) is 2. The molecule has 28 heavy (non-hydrogen) atoms. The third kappa shape index (κ3) is 5.51. The Labute approximate surface area is 163 Å². The molecule has 0 saturated carbocycles. The number of amides is 2. The topological polar surface area (TPSA) is 58.2 Å². The highest BCUT2D eigenvalue weighted by Gasteiger charge is 2.18. The molecule has 142 valence electrons. The van der Waals surface area contributed by atoms with Gasteiger partial charge < -0.3 is 0 Å². The maximum Gasteiger partial charge on any atom is 0.242 e. The maximum atomic E-state index is 12.9. The Morgan fingerprint density at radius 1 is 0.714 bits per heavy atom. The molecule has 0 atom stereocenters. The Balaban J connectivity index is 1.59. The molecule has 0 fully saturated rings. The Morgan fingerprint density at radius 3 is 1.75 bits per heavy atom. The van der Waals surface area contributed by atoms with Gasteiger partial charge in [0.15, 0.2) is 0 Å². The van der Waals surface area contributed by atoms with Crippen molar-refractivity contribution in [2.24, 2.45) is 0 Å². The van der Waals surface area contributed by atoms with Gasteiger partial charge in [-0.15, -0.1) is 0 Å². The molecule has 0 radical (unpaired) electrons. The van der Waals surface area contributed by atoms with Crippen molar-refractivity contribution < 1.29 is 14.0 Å². The van der Waals surface area contributed by atoms with Crippen molar-refractivity contribution in [2.75, 3.05) is 0 Å². The van der Waals surface area contributed by atoms with Crippen LogP contribution in [0, 0.1) is 5.82 Å². The summed E-state index contributed by atoms with van der Waals surface area (Å²) in [6.07, 6.45) is 0.256. The van der Waals surface area contributed by atoms with Gasteiger partial charge in [-0.05, 0) is 28.8 Å². The van der Waals surface area contributed by atoms with E-state index in [-0.39, 0.29) is 36.4 Å². The molecule has 2 N–H and O–H groups in total. The van der Waals surface area contributed by atoms with Crippen molar-refractivity contribution in [3.05, 3.63) is 107 Å². The molecule has 0 heterocycles. The van der Waals surface area contributed by atoms with Crippen LogP contribution in [0.25, 0.3) is 0 Å².